The molecule has 0 aliphatic rings. The van der Waals surface area contributed by atoms with Gasteiger partial charge < -0.3 is 5.11 Å². The Balaban J connectivity index is 2.13. The van der Waals surface area contributed by atoms with E-state index in [0.29, 0.717) is 0 Å². The summed E-state index contributed by atoms with van der Waals surface area (Å²) in [6, 6.07) is 14.5. The van der Waals surface area contributed by atoms with Crippen LogP contribution < -0.4 is 4.57 Å². The number of aliphatic hydroxyl groups is 1. The van der Waals surface area contributed by atoms with Gasteiger partial charge in [0.1, 0.15) is 0 Å². The molecular formula is C14H16NO+. The fourth-order valence-electron chi connectivity index (χ4n) is 1.68. The van der Waals surface area contributed by atoms with Crippen LogP contribution in [-0.2, 0) is 6.54 Å². The highest BCUT2D eigenvalue weighted by molar-refractivity contribution is 5.61. The molecule has 0 amide bonds. The highest BCUT2D eigenvalue weighted by Crippen LogP contribution is 2.16. The topological polar surface area (TPSA) is 24.1 Å². The van der Waals surface area contributed by atoms with E-state index in [0.717, 1.165) is 13.0 Å². The van der Waals surface area contributed by atoms with Crippen molar-refractivity contribution in [3.8, 4) is 11.1 Å². The Kier molecular flexibility index (Phi) is 3.67. The first-order chi connectivity index (χ1) is 7.90. The fraction of sp³-hybridized carbons (Fsp3) is 0.214. The van der Waals surface area contributed by atoms with E-state index in [9.17, 15) is 0 Å². The van der Waals surface area contributed by atoms with E-state index >= 15 is 0 Å². The number of rotatable bonds is 4. The largest absolute Gasteiger partial charge is 0.396 e. The zero-order chi connectivity index (χ0) is 11.2. The molecule has 0 saturated heterocycles. The molecule has 82 valence electrons. The lowest BCUT2D eigenvalue weighted by atomic mass is 10.1. The Labute approximate surface area is 95.8 Å². The van der Waals surface area contributed by atoms with E-state index in [1.54, 1.807) is 0 Å². The van der Waals surface area contributed by atoms with E-state index in [4.69, 9.17) is 5.11 Å². The van der Waals surface area contributed by atoms with Crippen LogP contribution in [0.25, 0.3) is 11.1 Å². The molecule has 0 aliphatic carbocycles. The number of nitrogens with zero attached hydrogens (tertiary/aromatic N) is 1. The highest BCUT2D eigenvalue weighted by atomic mass is 16.3. The van der Waals surface area contributed by atoms with Gasteiger partial charge in [-0.1, -0.05) is 30.3 Å². The smallest absolute Gasteiger partial charge is 0.169 e. The number of aliphatic hydroxyl groups excluding tert-OH is 1. The Bertz CT molecular complexity index is 422. The van der Waals surface area contributed by atoms with Crippen LogP contribution in [0.4, 0.5) is 0 Å². The lowest BCUT2D eigenvalue weighted by Crippen LogP contribution is -2.32. The average molecular weight is 214 g/mol. The third kappa shape index (κ3) is 2.67. The molecule has 0 spiro atoms. The van der Waals surface area contributed by atoms with Gasteiger partial charge in [-0.25, -0.2) is 4.57 Å². The maximum Gasteiger partial charge on any atom is 0.169 e. The van der Waals surface area contributed by atoms with Crippen molar-refractivity contribution in [1.82, 2.24) is 0 Å². The van der Waals surface area contributed by atoms with Gasteiger partial charge in [0.05, 0.1) is 0 Å². The Morgan fingerprint density at radius 2 is 1.50 bits per heavy atom. The van der Waals surface area contributed by atoms with Crippen LogP contribution in [0.2, 0.25) is 0 Å². The van der Waals surface area contributed by atoms with Gasteiger partial charge in [-0.05, 0) is 11.1 Å². The summed E-state index contributed by atoms with van der Waals surface area (Å²) in [6.45, 7) is 1.11. The summed E-state index contributed by atoms with van der Waals surface area (Å²) in [5, 5.41) is 8.75. The van der Waals surface area contributed by atoms with Crippen molar-refractivity contribution < 1.29 is 9.67 Å². The van der Waals surface area contributed by atoms with Gasteiger partial charge in [-0.3, -0.25) is 0 Å². The fourth-order valence-corrected chi connectivity index (χ4v) is 1.68. The molecule has 1 aromatic carbocycles. The van der Waals surface area contributed by atoms with Crippen molar-refractivity contribution in [3.05, 3.63) is 54.9 Å². The second-order valence-electron chi connectivity index (χ2n) is 3.77. The van der Waals surface area contributed by atoms with E-state index in [1.807, 2.05) is 18.2 Å². The zero-order valence-electron chi connectivity index (χ0n) is 9.21. The minimum Gasteiger partial charge on any atom is -0.396 e. The van der Waals surface area contributed by atoms with Crippen molar-refractivity contribution in [2.75, 3.05) is 6.61 Å². The number of aryl methyl sites for hydroxylation is 1. The highest BCUT2D eigenvalue weighted by Gasteiger charge is 2.01. The predicted octanol–water partition coefficient (Wildman–Crippen LogP) is 2.02. The molecule has 2 aromatic rings. The zero-order valence-corrected chi connectivity index (χ0v) is 9.21. The molecule has 2 heteroatoms. The predicted molar refractivity (Wildman–Crippen MR) is 63.8 cm³/mol. The van der Waals surface area contributed by atoms with Crippen LogP contribution >= 0.6 is 0 Å². The van der Waals surface area contributed by atoms with Gasteiger partial charge in [0.15, 0.2) is 18.9 Å². The number of hydrogen-bond acceptors (Lipinski definition) is 1. The van der Waals surface area contributed by atoms with Gasteiger partial charge in [-0.15, -0.1) is 0 Å². The van der Waals surface area contributed by atoms with Crippen LogP contribution in [0.3, 0.4) is 0 Å². The van der Waals surface area contributed by atoms with Gasteiger partial charge >= 0.3 is 0 Å². The molecule has 1 heterocycles. The molecule has 0 unspecified atom stereocenters. The van der Waals surface area contributed by atoms with Gasteiger partial charge in [0.25, 0.3) is 0 Å². The summed E-state index contributed by atoms with van der Waals surface area (Å²) in [7, 11) is 0. The first-order valence-electron chi connectivity index (χ1n) is 5.55. The lowest BCUT2D eigenvalue weighted by molar-refractivity contribution is -0.697. The summed E-state index contributed by atoms with van der Waals surface area (Å²) < 4.78 is 2.09. The Hall–Kier alpha value is -1.67. The molecule has 0 aliphatic heterocycles. The van der Waals surface area contributed by atoms with Crippen LogP contribution in [0.1, 0.15) is 6.42 Å². The maximum absolute atomic E-state index is 8.75. The summed E-state index contributed by atoms with van der Waals surface area (Å²) in [6.07, 6.45) is 4.91. The van der Waals surface area contributed by atoms with E-state index in [1.165, 1.54) is 11.1 Å². The normalized spacial score (nSPS) is 10.3. The van der Waals surface area contributed by atoms with Crippen molar-refractivity contribution >= 4 is 0 Å². The monoisotopic (exact) mass is 214 g/mol. The molecular weight excluding hydrogens is 198 g/mol. The SMILES string of the molecule is OCCC[n+]1ccc(-c2ccccc2)cc1. The van der Waals surface area contributed by atoms with Crippen molar-refractivity contribution in [3.63, 3.8) is 0 Å². The molecule has 0 saturated carbocycles. The molecule has 16 heavy (non-hydrogen) atoms. The maximum atomic E-state index is 8.75. The third-order valence-electron chi connectivity index (χ3n) is 2.57. The molecule has 0 fully saturated rings. The standard InChI is InChI=1S/C14H16NO/c16-12-4-9-15-10-7-14(8-11-15)13-5-2-1-3-6-13/h1-3,5-8,10-11,16H,4,9,12H2/q+1. The first-order valence-corrected chi connectivity index (χ1v) is 5.55. The summed E-state index contributed by atoms with van der Waals surface area (Å²) in [5.41, 5.74) is 2.46. The number of hydrogen-bond donors (Lipinski definition) is 1. The van der Waals surface area contributed by atoms with Gasteiger partial charge in [0, 0.05) is 25.2 Å². The minimum atomic E-state index is 0.243. The molecule has 2 rings (SSSR count). The second-order valence-corrected chi connectivity index (χ2v) is 3.77. The summed E-state index contributed by atoms with van der Waals surface area (Å²) in [5.74, 6) is 0. The third-order valence-corrected chi connectivity index (χ3v) is 2.57. The molecule has 0 bridgehead atoms. The Morgan fingerprint density at radius 1 is 0.875 bits per heavy atom. The molecule has 1 N–H and O–H groups in total. The second kappa shape index (κ2) is 5.42. The van der Waals surface area contributed by atoms with Crippen LogP contribution in [-0.4, -0.2) is 11.7 Å². The molecule has 0 atom stereocenters. The number of pyridine rings is 1. The van der Waals surface area contributed by atoms with Crippen molar-refractivity contribution in [2.24, 2.45) is 0 Å². The molecule has 0 radical (unpaired) electrons. The van der Waals surface area contributed by atoms with E-state index in [-0.39, 0.29) is 6.61 Å². The number of benzene rings is 1. The first kappa shape index (κ1) is 10.8. The lowest BCUT2D eigenvalue weighted by Gasteiger charge is -2.00. The van der Waals surface area contributed by atoms with E-state index in [2.05, 4.69) is 41.2 Å². The molecule has 2 nitrogen and oxygen atoms in total. The van der Waals surface area contributed by atoms with Crippen LogP contribution in [0.15, 0.2) is 54.9 Å². The molecule has 1 aromatic heterocycles. The quantitative estimate of drug-likeness (QED) is 0.774. The average Bonchev–Trinajstić information content (AvgIpc) is 2.38. The van der Waals surface area contributed by atoms with Crippen LogP contribution in [0, 0.1) is 0 Å². The summed E-state index contributed by atoms with van der Waals surface area (Å²) in [4.78, 5) is 0. The summed E-state index contributed by atoms with van der Waals surface area (Å²) >= 11 is 0. The van der Waals surface area contributed by atoms with Gasteiger partial charge in [-0.2, -0.15) is 0 Å². The Morgan fingerprint density at radius 3 is 2.12 bits per heavy atom. The van der Waals surface area contributed by atoms with E-state index < -0.39 is 0 Å². The van der Waals surface area contributed by atoms with Crippen LogP contribution in [0.5, 0.6) is 0 Å². The van der Waals surface area contributed by atoms with Crippen molar-refractivity contribution in [2.45, 2.75) is 13.0 Å². The van der Waals surface area contributed by atoms with Gasteiger partial charge in [0.2, 0.25) is 0 Å². The van der Waals surface area contributed by atoms with Crippen molar-refractivity contribution in [1.29, 1.82) is 0 Å². The number of aromatic nitrogens is 1. The minimum absolute atomic E-state index is 0.243.